The Morgan fingerprint density at radius 2 is 0.935 bits per heavy atom. The van der Waals surface area contributed by atoms with Gasteiger partial charge in [0.15, 0.2) is 0 Å². The molecular formula is C30H47N. The van der Waals surface area contributed by atoms with Crippen LogP contribution in [0.1, 0.15) is 115 Å². The second-order valence-electron chi connectivity index (χ2n) is 9.17. The molecular weight excluding hydrogens is 374 g/mol. The highest BCUT2D eigenvalue weighted by atomic mass is 14.9. The molecule has 0 radical (unpaired) electrons. The van der Waals surface area contributed by atoms with Gasteiger partial charge in [0, 0.05) is 11.4 Å². The molecule has 2 aromatic rings. The largest absolute Gasteiger partial charge is 0.355 e. The van der Waals surface area contributed by atoms with Gasteiger partial charge in [0.2, 0.25) is 0 Å². The first-order chi connectivity index (χ1) is 15.3. The molecule has 0 amide bonds. The van der Waals surface area contributed by atoms with E-state index in [0.29, 0.717) is 0 Å². The molecule has 0 aliphatic heterocycles. The highest BCUT2D eigenvalue weighted by Gasteiger charge is 2.11. The summed E-state index contributed by atoms with van der Waals surface area (Å²) in [7, 11) is 0. The van der Waals surface area contributed by atoms with Gasteiger partial charge in [-0.25, -0.2) is 0 Å². The first-order valence-electron chi connectivity index (χ1n) is 13.3. The van der Waals surface area contributed by atoms with E-state index >= 15 is 0 Å². The fraction of sp³-hybridized carbons (Fsp3) is 0.600. The second kappa shape index (κ2) is 16.0. The van der Waals surface area contributed by atoms with Crippen LogP contribution in [-0.4, -0.2) is 0 Å². The van der Waals surface area contributed by atoms with E-state index in [1.54, 1.807) is 0 Å². The van der Waals surface area contributed by atoms with Crippen molar-refractivity contribution in [1.29, 1.82) is 0 Å². The zero-order valence-corrected chi connectivity index (χ0v) is 20.6. The predicted molar refractivity (Wildman–Crippen MR) is 140 cm³/mol. The third-order valence-electron chi connectivity index (χ3n) is 6.41. The van der Waals surface area contributed by atoms with Crippen LogP contribution in [0.4, 0.5) is 11.4 Å². The van der Waals surface area contributed by atoms with Gasteiger partial charge in [-0.15, -0.1) is 0 Å². The predicted octanol–water partition coefficient (Wildman–Crippen LogP) is 9.80. The minimum absolute atomic E-state index is 1.17. The zero-order chi connectivity index (χ0) is 22.2. The SMILES string of the molecule is CCCCCCc1ccccc1Nc1c(CCCCCC)cccc1CCCCCC. The molecule has 0 saturated carbocycles. The number of hydrogen-bond acceptors (Lipinski definition) is 1. The number of anilines is 2. The normalized spacial score (nSPS) is 11.1. The van der Waals surface area contributed by atoms with Gasteiger partial charge >= 0.3 is 0 Å². The van der Waals surface area contributed by atoms with Crippen LogP contribution in [0, 0.1) is 0 Å². The number of hydrogen-bond donors (Lipinski definition) is 1. The molecule has 0 bridgehead atoms. The Balaban J connectivity index is 2.19. The lowest BCUT2D eigenvalue weighted by Crippen LogP contribution is -2.04. The lowest BCUT2D eigenvalue weighted by molar-refractivity contribution is 0.662. The first-order valence-corrected chi connectivity index (χ1v) is 13.3. The van der Waals surface area contributed by atoms with Gasteiger partial charge in [0.1, 0.15) is 0 Å². The minimum Gasteiger partial charge on any atom is -0.355 e. The van der Waals surface area contributed by atoms with Crippen LogP contribution in [0.15, 0.2) is 42.5 Å². The fourth-order valence-electron chi connectivity index (χ4n) is 4.45. The summed E-state index contributed by atoms with van der Waals surface area (Å²) in [5.41, 5.74) is 7.19. The van der Waals surface area contributed by atoms with Crippen molar-refractivity contribution >= 4 is 11.4 Å². The molecule has 172 valence electrons. The van der Waals surface area contributed by atoms with Crippen molar-refractivity contribution in [1.82, 2.24) is 0 Å². The molecule has 0 aliphatic carbocycles. The van der Waals surface area contributed by atoms with E-state index < -0.39 is 0 Å². The van der Waals surface area contributed by atoms with Crippen molar-refractivity contribution in [2.75, 3.05) is 5.32 Å². The van der Waals surface area contributed by atoms with E-state index in [9.17, 15) is 0 Å². The van der Waals surface area contributed by atoms with Crippen molar-refractivity contribution in [2.45, 2.75) is 117 Å². The number of para-hydroxylation sites is 2. The number of aryl methyl sites for hydroxylation is 3. The molecule has 0 aromatic heterocycles. The van der Waals surface area contributed by atoms with Gasteiger partial charge in [0.05, 0.1) is 0 Å². The highest BCUT2D eigenvalue weighted by Crippen LogP contribution is 2.30. The number of rotatable bonds is 17. The molecule has 1 N–H and O–H groups in total. The van der Waals surface area contributed by atoms with Crippen LogP contribution < -0.4 is 5.32 Å². The van der Waals surface area contributed by atoms with E-state index in [0.717, 1.165) is 0 Å². The smallest absolute Gasteiger partial charge is 0.0449 e. The van der Waals surface area contributed by atoms with E-state index in [2.05, 4.69) is 68.6 Å². The summed E-state index contributed by atoms with van der Waals surface area (Å²) in [4.78, 5) is 0. The molecule has 0 spiro atoms. The topological polar surface area (TPSA) is 12.0 Å². The van der Waals surface area contributed by atoms with Crippen molar-refractivity contribution in [2.24, 2.45) is 0 Å². The summed E-state index contributed by atoms with van der Waals surface area (Å²) in [5.74, 6) is 0. The Hall–Kier alpha value is -1.76. The summed E-state index contributed by atoms with van der Waals surface area (Å²) in [6.45, 7) is 6.87. The Morgan fingerprint density at radius 1 is 0.484 bits per heavy atom. The van der Waals surface area contributed by atoms with Crippen LogP contribution in [0.25, 0.3) is 0 Å². The monoisotopic (exact) mass is 421 g/mol. The molecule has 0 heterocycles. The molecule has 0 aliphatic rings. The molecule has 2 rings (SSSR count). The molecule has 31 heavy (non-hydrogen) atoms. The minimum atomic E-state index is 1.17. The Labute approximate surface area is 193 Å². The van der Waals surface area contributed by atoms with E-state index in [1.165, 1.54) is 124 Å². The molecule has 0 atom stereocenters. The number of unbranched alkanes of at least 4 members (excludes halogenated alkanes) is 9. The summed E-state index contributed by atoms with van der Waals surface area (Å²) in [6.07, 6.45) is 19.4. The van der Waals surface area contributed by atoms with Gasteiger partial charge in [-0.05, 0) is 61.3 Å². The summed E-state index contributed by atoms with van der Waals surface area (Å²) < 4.78 is 0. The summed E-state index contributed by atoms with van der Waals surface area (Å²) in [5, 5.41) is 3.93. The van der Waals surface area contributed by atoms with Crippen molar-refractivity contribution in [3.63, 3.8) is 0 Å². The van der Waals surface area contributed by atoms with Gasteiger partial charge in [-0.1, -0.05) is 115 Å². The van der Waals surface area contributed by atoms with Crippen LogP contribution in [0.5, 0.6) is 0 Å². The van der Waals surface area contributed by atoms with Crippen molar-refractivity contribution in [3.8, 4) is 0 Å². The standard InChI is InChI=1S/C30H47N/c1-4-7-10-13-19-26-20-16-17-25-29(26)31-30-27(21-14-11-8-5-2)23-18-24-28(30)22-15-12-9-6-3/h16-18,20,23-25,31H,4-15,19,21-22H2,1-3H3. The number of nitrogens with one attached hydrogen (secondary N) is 1. The maximum absolute atomic E-state index is 3.93. The Kier molecular flexibility index (Phi) is 13.1. The number of benzene rings is 2. The van der Waals surface area contributed by atoms with E-state index in [-0.39, 0.29) is 0 Å². The third-order valence-corrected chi connectivity index (χ3v) is 6.41. The highest BCUT2D eigenvalue weighted by molar-refractivity contribution is 5.69. The van der Waals surface area contributed by atoms with Crippen molar-refractivity contribution < 1.29 is 0 Å². The quantitative estimate of drug-likeness (QED) is 0.251. The summed E-state index contributed by atoms with van der Waals surface area (Å²) >= 11 is 0. The first kappa shape index (κ1) is 25.5. The molecule has 2 aromatic carbocycles. The van der Waals surface area contributed by atoms with Crippen LogP contribution in [0.2, 0.25) is 0 Å². The molecule has 0 unspecified atom stereocenters. The third kappa shape index (κ3) is 9.50. The van der Waals surface area contributed by atoms with Crippen LogP contribution in [0.3, 0.4) is 0 Å². The lowest BCUT2D eigenvalue weighted by Gasteiger charge is -2.19. The van der Waals surface area contributed by atoms with E-state index in [1.807, 2.05) is 0 Å². The van der Waals surface area contributed by atoms with E-state index in [4.69, 9.17) is 0 Å². The summed E-state index contributed by atoms with van der Waals surface area (Å²) in [6, 6.07) is 16.0. The Bertz CT molecular complexity index is 688. The maximum atomic E-state index is 3.93. The zero-order valence-electron chi connectivity index (χ0n) is 20.6. The average Bonchev–Trinajstić information content (AvgIpc) is 2.79. The molecule has 0 fully saturated rings. The van der Waals surface area contributed by atoms with Crippen LogP contribution in [-0.2, 0) is 19.3 Å². The molecule has 0 saturated heterocycles. The average molecular weight is 422 g/mol. The van der Waals surface area contributed by atoms with Gasteiger partial charge in [-0.2, -0.15) is 0 Å². The fourth-order valence-corrected chi connectivity index (χ4v) is 4.45. The van der Waals surface area contributed by atoms with Gasteiger partial charge in [0.25, 0.3) is 0 Å². The maximum Gasteiger partial charge on any atom is 0.0449 e. The lowest BCUT2D eigenvalue weighted by atomic mass is 9.96. The van der Waals surface area contributed by atoms with Gasteiger partial charge in [-0.3, -0.25) is 0 Å². The molecule has 1 heteroatoms. The molecule has 1 nitrogen and oxygen atoms in total. The van der Waals surface area contributed by atoms with Crippen LogP contribution >= 0.6 is 0 Å². The van der Waals surface area contributed by atoms with Gasteiger partial charge < -0.3 is 5.32 Å². The Morgan fingerprint density at radius 3 is 1.45 bits per heavy atom. The van der Waals surface area contributed by atoms with Crippen molar-refractivity contribution in [3.05, 3.63) is 59.2 Å². The second-order valence-corrected chi connectivity index (χ2v) is 9.17.